The van der Waals surface area contributed by atoms with Gasteiger partial charge in [-0.25, -0.2) is 0 Å². The monoisotopic (exact) mass is 314 g/mol. The number of hydrogen-bond donors (Lipinski definition) is 1. The Balaban J connectivity index is 1.84. The highest BCUT2D eigenvalue weighted by molar-refractivity contribution is 5.84. The third kappa shape index (κ3) is 3.41. The van der Waals surface area contributed by atoms with E-state index in [1.807, 2.05) is 30.9 Å². The molecular formula is C19H26N2O2. The lowest BCUT2D eigenvalue weighted by molar-refractivity contribution is -0.133. The van der Waals surface area contributed by atoms with Crippen LogP contribution in [-0.2, 0) is 9.59 Å². The molecular weight excluding hydrogens is 288 g/mol. The van der Waals surface area contributed by atoms with E-state index in [-0.39, 0.29) is 29.6 Å². The van der Waals surface area contributed by atoms with Crippen molar-refractivity contribution in [2.75, 3.05) is 13.1 Å². The zero-order valence-electron chi connectivity index (χ0n) is 14.2. The zero-order valence-corrected chi connectivity index (χ0v) is 14.2. The number of nitrogens with one attached hydrogen (secondary N) is 1. The topological polar surface area (TPSA) is 49.4 Å². The van der Waals surface area contributed by atoms with Crippen molar-refractivity contribution < 1.29 is 9.59 Å². The van der Waals surface area contributed by atoms with Crippen molar-refractivity contribution in [2.24, 2.45) is 11.8 Å². The number of nitrogens with zero attached hydrogens (tertiary/aromatic N) is 1. The fraction of sp³-hybridized carbons (Fsp3) is 0.579. The first-order chi connectivity index (χ1) is 11.0. The van der Waals surface area contributed by atoms with Gasteiger partial charge in [0, 0.05) is 31.0 Å². The summed E-state index contributed by atoms with van der Waals surface area (Å²) in [4.78, 5) is 27.0. The van der Waals surface area contributed by atoms with Gasteiger partial charge in [-0.15, -0.1) is 0 Å². The van der Waals surface area contributed by atoms with Crippen LogP contribution in [0.4, 0.5) is 0 Å². The van der Waals surface area contributed by atoms with E-state index in [0.29, 0.717) is 19.1 Å². The van der Waals surface area contributed by atoms with Crippen molar-refractivity contribution in [1.82, 2.24) is 10.2 Å². The van der Waals surface area contributed by atoms with Crippen LogP contribution in [0.3, 0.4) is 0 Å². The molecule has 1 saturated carbocycles. The molecule has 1 aromatic carbocycles. The van der Waals surface area contributed by atoms with Gasteiger partial charge < -0.3 is 10.2 Å². The summed E-state index contributed by atoms with van der Waals surface area (Å²) in [6.07, 6.45) is 2.17. The van der Waals surface area contributed by atoms with Gasteiger partial charge in [-0.3, -0.25) is 9.59 Å². The molecule has 3 rings (SSSR count). The molecule has 0 radical (unpaired) electrons. The molecule has 4 nitrogen and oxygen atoms in total. The smallest absolute Gasteiger partial charge is 0.225 e. The van der Waals surface area contributed by atoms with Crippen LogP contribution in [0.5, 0.6) is 0 Å². The maximum atomic E-state index is 12.7. The standard InChI is InChI=1S/C19H26N2O2/c1-12(2)19(23)21-10-16(15-7-5-4-6-13(15)3)17(11-21)18(22)20-14-8-9-14/h4-7,12,14,16-17H,8-11H2,1-3H3,(H,20,22)/t16-,17-/m0/s1. The molecule has 1 heterocycles. The lowest BCUT2D eigenvalue weighted by Crippen LogP contribution is -2.37. The van der Waals surface area contributed by atoms with Crippen molar-refractivity contribution >= 4 is 11.8 Å². The van der Waals surface area contributed by atoms with E-state index in [1.54, 1.807) is 0 Å². The quantitative estimate of drug-likeness (QED) is 0.928. The van der Waals surface area contributed by atoms with Gasteiger partial charge in [0.25, 0.3) is 0 Å². The third-order valence-corrected chi connectivity index (χ3v) is 4.97. The highest BCUT2D eigenvalue weighted by Crippen LogP contribution is 2.35. The second-order valence-electron chi connectivity index (χ2n) is 7.25. The molecule has 1 N–H and O–H groups in total. The lowest BCUT2D eigenvalue weighted by Gasteiger charge is -2.20. The molecule has 1 aliphatic carbocycles. The van der Waals surface area contributed by atoms with Gasteiger partial charge in [-0.1, -0.05) is 38.1 Å². The van der Waals surface area contributed by atoms with E-state index in [1.165, 1.54) is 11.1 Å². The van der Waals surface area contributed by atoms with Crippen LogP contribution in [-0.4, -0.2) is 35.8 Å². The number of carbonyl (C=O) groups excluding carboxylic acids is 2. The molecule has 124 valence electrons. The number of hydrogen-bond acceptors (Lipinski definition) is 2. The Labute approximate surface area is 138 Å². The molecule has 2 atom stereocenters. The minimum Gasteiger partial charge on any atom is -0.353 e. The van der Waals surface area contributed by atoms with E-state index >= 15 is 0 Å². The molecule has 2 amide bonds. The Morgan fingerprint density at radius 3 is 2.48 bits per heavy atom. The zero-order chi connectivity index (χ0) is 16.6. The molecule has 0 unspecified atom stereocenters. The van der Waals surface area contributed by atoms with Crippen molar-refractivity contribution in [3.8, 4) is 0 Å². The average molecular weight is 314 g/mol. The molecule has 0 spiro atoms. The number of likely N-dealkylation sites (tertiary alicyclic amines) is 1. The summed E-state index contributed by atoms with van der Waals surface area (Å²) in [5, 5.41) is 3.13. The summed E-state index contributed by atoms with van der Waals surface area (Å²) in [5.74, 6) is 0.180. The number of carbonyl (C=O) groups is 2. The second kappa shape index (κ2) is 6.34. The molecule has 2 aliphatic rings. The Kier molecular flexibility index (Phi) is 4.42. The van der Waals surface area contributed by atoms with E-state index in [4.69, 9.17) is 0 Å². The molecule has 0 aromatic heterocycles. The van der Waals surface area contributed by atoms with Gasteiger partial charge in [0.1, 0.15) is 0 Å². The third-order valence-electron chi connectivity index (χ3n) is 4.97. The van der Waals surface area contributed by atoms with Crippen LogP contribution in [0.1, 0.15) is 43.7 Å². The summed E-state index contributed by atoms with van der Waals surface area (Å²) >= 11 is 0. The van der Waals surface area contributed by atoms with Crippen molar-refractivity contribution in [3.63, 3.8) is 0 Å². The summed E-state index contributed by atoms with van der Waals surface area (Å²) in [5.41, 5.74) is 2.39. The second-order valence-corrected chi connectivity index (χ2v) is 7.25. The maximum absolute atomic E-state index is 12.7. The summed E-state index contributed by atoms with van der Waals surface area (Å²) in [6, 6.07) is 8.57. The molecule has 4 heteroatoms. The predicted molar refractivity (Wildman–Crippen MR) is 90.0 cm³/mol. The van der Waals surface area contributed by atoms with Gasteiger partial charge in [0.15, 0.2) is 0 Å². The summed E-state index contributed by atoms with van der Waals surface area (Å²) in [7, 11) is 0. The van der Waals surface area contributed by atoms with Crippen LogP contribution in [0.2, 0.25) is 0 Å². The maximum Gasteiger partial charge on any atom is 0.225 e. The number of rotatable bonds is 4. The molecule has 1 aliphatic heterocycles. The normalized spacial score (nSPS) is 24.1. The van der Waals surface area contributed by atoms with Gasteiger partial charge in [-0.05, 0) is 30.9 Å². The highest BCUT2D eigenvalue weighted by Gasteiger charge is 2.42. The van der Waals surface area contributed by atoms with E-state index in [9.17, 15) is 9.59 Å². The largest absolute Gasteiger partial charge is 0.353 e. The van der Waals surface area contributed by atoms with Crippen LogP contribution in [0.15, 0.2) is 24.3 Å². The average Bonchev–Trinajstić information content (AvgIpc) is 3.22. The minimum atomic E-state index is -0.139. The van der Waals surface area contributed by atoms with Gasteiger partial charge >= 0.3 is 0 Å². The number of aryl methyl sites for hydroxylation is 1. The van der Waals surface area contributed by atoms with E-state index in [0.717, 1.165) is 12.8 Å². The van der Waals surface area contributed by atoms with Crippen molar-refractivity contribution in [3.05, 3.63) is 35.4 Å². The van der Waals surface area contributed by atoms with Crippen LogP contribution in [0, 0.1) is 18.8 Å². The lowest BCUT2D eigenvalue weighted by atomic mass is 9.86. The molecule has 1 aromatic rings. The van der Waals surface area contributed by atoms with Crippen LogP contribution < -0.4 is 5.32 Å². The minimum absolute atomic E-state index is 0.0298. The van der Waals surface area contributed by atoms with Crippen LogP contribution in [0.25, 0.3) is 0 Å². The van der Waals surface area contributed by atoms with Crippen molar-refractivity contribution in [2.45, 2.75) is 45.6 Å². The molecule has 0 bridgehead atoms. The van der Waals surface area contributed by atoms with Gasteiger partial charge in [-0.2, -0.15) is 0 Å². The first-order valence-corrected chi connectivity index (χ1v) is 8.62. The molecule has 23 heavy (non-hydrogen) atoms. The highest BCUT2D eigenvalue weighted by atomic mass is 16.2. The number of benzene rings is 1. The van der Waals surface area contributed by atoms with E-state index in [2.05, 4.69) is 24.4 Å². The SMILES string of the molecule is Cc1ccccc1[C@@H]1CN(C(=O)C(C)C)C[C@@H]1C(=O)NC1CC1. The van der Waals surface area contributed by atoms with Crippen LogP contribution >= 0.6 is 0 Å². The fourth-order valence-electron chi connectivity index (χ4n) is 3.47. The Morgan fingerprint density at radius 1 is 1.17 bits per heavy atom. The first kappa shape index (κ1) is 16.0. The number of amides is 2. The Bertz CT molecular complexity index is 607. The van der Waals surface area contributed by atoms with Gasteiger partial charge in [0.2, 0.25) is 11.8 Å². The molecule has 2 fully saturated rings. The predicted octanol–water partition coefficient (Wildman–Crippen LogP) is 2.47. The van der Waals surface area contributed by atoms with Gasteiger partial charge in [0.05, 0.1) is 5.92 Å². The van der Waals surface area contributed by atoms with Crippen molar-refractivity contribution in [1.29, 1.82) is 0 Å². The summed E-state index contributed by atoms with van der Waals surface area (Å²) in [6.45, 7) is 7.10. The Morgan fingerprint density at radius 2 is 1.87 bits per heavy atom. The molecule has 1 saturated heterocycles. The van der Waals surface area contributed by atoms with E-state index < -0.39 is 0 Å². The summed E-state index contributed by atoms with van der Waals surface area (Å²) < 4.78 is 0. The fourth-order valence-corrected chi connectivity index (χ4v) is 3.47. The first-order valence-electron chi connectivity index (χ1n) is 8.62. The Hall–Kier alpha value is -1.84.